The number of piperidine rings is 1. The Bertz CT molecular complexity index is 778. The van der Waals surface area contributed by atoms with Crippen LogP contribution < -0.4 is 0 Å². The van der Waals surface area contributed by atoms with E-state index in [1.54, 1.807) is 17.5 Å². The molecule has 4 heterocycles. The van der Waals surface area contributed by atoms with Gasteiger partial charge in [0.05, 0.1) is 28.6 Å². The lowest BCUT2D eigenvalue weighted by Crippen LogP contribution is -2.33. The Morgan fingerprint density at radius 1 is 1.27 bits per heavy atom. The average molecular weight is 313 g/mol. The zero-order chi connectivity index (χ0) is 14.9. The highest BCUT2D eigenvalue weighted by Crippen LogP contribution is 2.31. The largest absolute Gasteiger partial charge is 0.289 e. The molecule has 3 aromatic heterocycles. The van der Waals surface area contributed by atoms with Gasteiger partial charge in [-0.2, -0.15) is 5.10 Å². The normalized spacial score (nSPS) is 19.8. The lowest BCUT2D eigenvalue weighted by atomic mass is 9.99. The Kier molecular flexibility index (Phi) is 3.63. The highest BCUT2D eigenvalue weighted by molar-refractivity contribution is 7.09. The van der Waals surface area contributed by atoms with Crippen molar-refractivity contribution in [1.29, 1.82) is 0 Å². The van der Waals surface area contributed by atoms with Gasteiger partial charge in [0, 0.05) is 24.2 Å². The number of thiazole rings is 1. The smallest absolute Gasteiger partial charge is 0.155 e. The van der Waals surface area contributed by atoms with Gasteiger partial charge in [-0.25, -0.2) is 14.5 Å². The summed E-state index contributed by atoms with van der Waals surface area (Å²) in [6.45, 7) is 4.10. The van der Waals surface area contributed by atoms with Gasteiger partial charge in [0.2, 0.25) is 0 Å². The van der Waals surface area contributed by atoms with Crippen molar-refractivity contribution in [2.24, 2.45) is 0 Å². The molecule has 0 aliphatic carbocycles. The number of fused-ring (bicyclic) bond motifs is 1. The van der Waals surface area contributed by atoms with Crippen LogP contribution in [0.15, 0.2) is 29.9 Å². The summed E-state index contributed by atoms with van der Waals surface area (Å²) in [7, 11) is 0. The molecule has 5 nitrogen and oxygen atoms in total. The Hall–Kier alpha value is -1.79. The molecule has 0 radical (unpaired) electrons. The predicted octanol–water partition coefficient (Wildman–Crippen LogP) is 3.22. The Balaban J connectivity index is 1.61. The molecule has 0 amide bonds. The number of aryl methyl sites for hydroxylation is 1. The Labute approximate surface area is 133 Å². The lowest BCUT2D eigenvalue weighted by Gasteiger charge is -2.34. The maximum Gasteiger partial charge on any atom is 0.155 e. The first-order valence-electron chi connectivity index (χ1n) is 7.75. The van der Waals surface area contributed by atoms with Crippen LogP contribution in [-0.2, 0) is 6.54 Å². The number of aromatic nitrogens is 4. The van der Waals surface area contributed by atoms with Gasteiger partial charge in [-0.1, -0.05) is 6.42 Å². The highest BCUT2D eigenvalue weighted by atomic mass is 32.1. The lowest BCUT2D eigenvalue weighted by molar-refractivity contribution is 0.136. The minimum atomic E-state index is 0.385. The minimum Gasteiger partial charge on any atom is -0.289 e. The van der Waals surface area contributed by atoms with Crippen LogP contribution in [0.5, 0.6) is 0 Å². The second-order valence-corrected chi connectivity index (χ2v) is 6.89. The molecule has 1 saturated heterocycles. The number of hydrogen-bond donors (Lipinski definition) is 0. The zero-order valence-electron chi connectivity index (χ0n) is 12.6. The second kappa shape index (κ2) is 5.78. The summed E-state index contributed by atoms with van der Waals surface area (Å²) >= 11 is 1.73. The van der Waals surface area contributed by atoms with Gasteiger partial charge < -0.3 is 0 Å². The number of hydrogen-bond acceptors (Lipinski definition) is 5. The van der Waals surface area contributed by atoms with E-state index in [0.717, 1.165) is 29.4 Å². The Morgan fingerprint density at radius 3 is 3.09 bits per heavy atom. The molecular formula is C16H19N5S. The quantitative estimate of drug-likeness (QED) is 0.745. The van der Waals surface area contributed by atoms with Gasteiger partial charge in [-0.3, -0.25) is 4.90 Å². The van der Waals surface area contributed by atoms with Crippen molar-refractivity contribution in [2.45, 2.75) is 38.8 Å². The molecule has 1 aliphatic heterocycles. The molecule has 1 atom stereocenters. The van der Waals surface area contributed by atoms with E-state index < -0.39 is 0 Å². The van der Waals surface area contributed by atoms with E-state index in [0.29, 0.717) is 6.04 Å². The fourth-order valence-corrected chi connectivity index (χ4v) is 3.82. The maximum atomic E-state index is 4.80. The summed E-state index contributed by atoms with van der Waals surface area (Å²) in [6.07, 6.45) is 7.50. The van der Waals surface area contributed by atoms with Crippen LogP contribution in [0.4, 0.5) is 0 Å². The molecule has 22 heavy (non-hydrogen) atoms. The van der Waals surface area contributed by atoms with Crippen molar-refractivity contribution >= 4 is 17.0 Å². The van der Waals surface area contributed by atoms with E-state index in [-0.39, 0.29) is 0 Å². The molecule has 0 N–H and O–H groups in total. The standard InChI is InChI=1S/C16H19N5S/c1-12-18-13(11-22-12)10-20-8-3-2-4-15(20)14-6-9-21-16(19-14)5-7-17-21/h5-7,9,11,15H,2-4,8,10H2,1H3. The molecule has 0 saturated carbocycles. The van der Waals surface area contributed by atoms with Gasteiger partial charge in [-0.15, -0.1) is 11.3 Å². The van der Waals surface area contributed by atoms with E-state index in [9.17, 15) is 0 Å². The van der Waals surface area contributed by atoms with E-state index in [1.807, 2.05) is 16.8 Å². The average Bonchev–Trinajstić information content (AvgIpc) is 3.16. The maximum absolute atomic E-state index is 4.80. The molecule has 1 fully saturated rings. The molecule has 1 unspecified atom stereocenters. The van der Waals surface area contributed by atoms with E-state index in [1.165, 1.54) is 25.0 Å². The van der Waals surface area contributed by atoms with Crippen molar-refractivity contribution in [3.05, 3.63) is 46.3 Å². The van der Waals surface area contributed by atoms with Crippen LogP contribution in [0.25, 0.3) is 5.65 Å². The minimum absolute atomic E-state index is 0.385. The van der Waals surface area contributed by atoms with Crippen LogP contribution in [0.3, 0.4) is 0 Å². The molecule has 0 aromatic carbocycles. The molecule has 3 aromatic rings. The summed E-state index contributed by atoms with van der Waals surface area (Å²) < 4.78 is 1.82. The first-order valence-corrected chi connectivity index (χ1v) is 8.63. The number of likely N-dealkylation sites (tertiary alicyclic amines) is 1. The molecule has 0 bridgehead atoms. The molecule has 4 rings (SSSR count). The number of nitrogens with zero attached hydrogens (tertiary/aromatic N) is 5. The van der Waals surface area contributed by atoms with Gasteiger partial charge >= 0.3 is 0 Å². The Morgan fingerprint density at radius 2 is 2.23 bits per heavy atom. The first-order chi connectivity index (χ1) is 10.8. The summed E-state index contributed by atoms with van der Waals surface area (Å²) in [6, 6.07) is 4.45. The van der Waals surface area contributed by atoms with Gasteiger partial charge in [0.1, 0.15) is 0 Å². The monoisotopic (exact) mass is 313 g/mol. The van der Waals surface area contributed by atoms with E-state index >= 15 is 0 Å². The topological polar surface area (TPSA) is 46.3 Å². The van der Waals surface area contributed by atoms with E-state index in [4.69, 9.17) is 4.98 Å². The van der Waals surface area contributed by atoms with Crippen molar-refractivity contribution in [3.63, 3.8) is 0 Å². The van der Waals surface area contributed by atoms with Crippen molar-refractivity contribution < 1.29 is 0 Å². The molecule has 0 spiro atoms. The fraction of sp³-hybridized carbons (Fsp3) is 0.438. The van der Waals surface area contributed by atoms with Crippen LogP contribution >= 0.6 is 11.3 Å². The molecule has 1 aliphatic rings. The number of rotatable bonds is 3. The molecule has 6 heteroatoms. The van der Waals surface area contributed by atoms with Crippen molar-refractivity contribution in [1.82, 2.24) is 24.5 Å². The first kappa shape index (κ1) is 13.8. The highest BCUT2D eigenvalue weighted by Gasteiger charge is 2.25. The van der Waals surface area contributed by atoms with Crippen molar-refractivity contribution in [2.75, 3.05) is 6.54 Å². The zero-order valence-corrected chi connectivity index (χ0v) is 13.5. The van der Waals surface area contributed by atoms with Gasteiger partial charge in [0.15, 0.2) is 5.65 Å². The third kappa shape index (κ3) is 2.64. The molecule has 114 valence electrons. The third-order valence-corrected chi connectivity index (χ3v) is 5.09. The summed E-state index contributed by atoms with van der Waals surface area (Å²) in [5, 5.41) is 7.54. The van der Waals surface area contributed by atoms with Crippen LogP contribution in [0, 0.1) is 6.92 Å². The SMILES string of the molecule is Cc1nc(CN2CCCCC2c2ccn3nccc3n2)cs1. The van der Waals surface area contributed by atoms with Crippen molar-refractivity contribution in [3.8, 4) is 0 Å². The van der Waals surface area contributed by atoms with Crippen LogP contribution in [0.1, 0.15) is 41.7 Å². The fourth-order valence-electron chi connectivity index (χ4n) is 3.22. The molecular weight excluding hydrogens is 294 g/mol. The summed E-state index contributed by atoms with van der Waals surface area (Å²) in [5.41, 5.74) is 3.26. The van der Waals surface area contributed by atoms with Crippen LogP contribution in [-0.4, -0.2) is 31.0 Å². The predicted molar refractivity (Wildman–Crippen MR) is 86.8 cm³/mol. The third-order valence-electron chi connectivity index (χ3n) is 4.27. The second-order valence-electron chi connectivity index (χ2n) is 5.83. The van der Waals surface area contributed by atoms with E-state index in [2.05, 4.69) is 33.4 Å². The summed E-state index contributed by atoms with van der Waals surface area (Å²) in [4.78, 5) is 11.9. The van der Waals surface area contributed by atoms with Gasteiger partial charge in [0.25, 0.3) is 0 Å². The van der Waals surface area contributed by atoms with Gasteiger partial charge in [-0.05, 0) is 32.4 Å². The van der Waals surface area contributed by atoms with Crippen LogP contribution in [0.2, 0.25) is 0 Å². The summed E-state index contributed by atoms with van der Waals surface area (Å²) in [5.74, 6) is 0.